The monoisotopic (exact) mass is 329 g/mol. The molecule has 2 nitrogen and oxygen atoms in total. The molecule has 0 spiro atoms. The first-order chi connectivity index (χ1) is 8.56. The van der Waals surface area contributed by atoms with Crippen LogP contribution in [0.2, 0.25) is 0 Å². The van der Waals surface area contributed by atoms with Gasteiger partial charge in [0.05, 0.1) is 0 Å². The Morgan fingerprint density at radius 1 is 1.44 bits per heavy atom. The zero-order chi connectivity index (χ0) is 13.1. The van der Waals surface area contributed by atoms with Crippen LogP contribution >= 0.6 is 15.9 Å². The van der Waals surface area contributed by atoms with E-state index < -0.39 is 10.8 Å². The first kappa shape index (κ1) is 14.1. The lowest BCUT2D eigenvalue weighted by Gasteiger charge is -2.26. The summed E-state index contributed by atoms with van der Waals surface area (Å²) in [6, 6.07) is 5.87. The Morgan fingerprint density at radius 2 is 2.22 bits per heavy atom. The molecule has 1 aromatic rings. The van der Waals surface area contributed by atoms with E-state index in [0.717, 1.165) is 34.5 Å². The van der Waals surface area contributed by atoms with E-state index in [-0.39, 0.29) is 0 Å². The van der Waals surface area contributed by atoms with Crippen molar-refractivity contribution >= 4 is 32.4 Å². The van der Waals surface area contributed by atoms with Gasteiger partial charge in [0.2, 0.25) is 0 Å². The summed E-state index contributed by atoms with van der Waals surface area (Å²) in [4.78, 5) is 0. The van der Waals surface area contributed by atoms with E-state index >= 15 is 0 Å². The fourth-order valence-corrected chi connectivity index (χ4v) is 4.55. The van der Waals surface area contributed by atoms with Crippen LogP contribution in [0.25, 0.3) is 0 Å². The lowest BCUT2D eigenvalue weighted by Crippen LogP contribution is -2.24. The molecular formula is C14H20BrNOS. The summed E-state index contributed by atoms with van der Waals surface area (Å²) in [5, 5.41) is 0.374. The molecule has 4 heteroatoms. The maximum Gasteiger partial charge on any atom is 0.0489 e. The highest BCUT2D eigenvalue weighted by atomic mass is 79.9. The largest absolute Gasteiger partial charge is 0.398 e. The fourth-order valence-electron chi connectivity index (χ4n) is 2.58. The van der Waals surface area contributed by atoms with Crippen molar-refractivity contribution in [2.75, 3.05) is 5.73 Å². The summed E-state index contributed by atoms with van der Waals surface area (Å²) in [7, 11) is -0.764. The molecule has 0 saturated heterocycles. The maximum absolute atomic E-state index is 12.4. The van der Waals surface area contributed by atoms with Gasteiger partial charge in [-0.1, -0.05) is 25.8 Å². The van der Waals surface area contributed by atoms with Crippen molar-refractivity contribution in [1.29, 1.82) is 0 Å². The summed E-state index contributed by atoms with van der Waals surface area (Å²) in [6.07, 6.45) is 4.74. The van der Waals surface area contributed by atoms with Crippen molar-refractivity contribution < 1.29 is 4.21 Å². The van der Waals surface area contributed by atoms with Crippen molar-refractivity contribution in [2.24, 2.45) is 5.92 Å². The Hall–Kier alpha value is -0.350. The van der Waals surface area contributed by atoms with Crippen molar-refractivity contribution in [3.63, 3.8) is 0 Å². The summed E-state index contributed by atoms with van der Waals surface area (Å²) in [5.74, 6) is 1.36. The Balaban J connectivity index is 2.00. The molecule has 0 aliphatic heterocycles. The smallest absolute Gasteiger partial charge is 0.0489 e. The molecule has 1 saturated carbocycles. The minimum absolute atomic E-state index is 0.374. The average Bonchev–Trinajstić information content (AvgIpc) is 2.34. The van der Waals surface area contributed by atoms with Gasteiger partial charge in [-0.2, -0.15) is 0 Å². The van der Waals surface area contributed by atoms with Crippen molar-refractivity contribution in [3.8, 4) is 0 Å². The van der Waals surface area contributed by atoms with Gasteiger partial charge in [0.1, 0.15) is 0 Å². The van der Waals surface area contributed by atoms with Crippen molar-refractivity contribution in [2.45, 2.75) is 43.6 Å². The molecule has 0 radical (unpaired) electrons. The Labute approximate surface area is 120 Å². The van der Waals surface area contributed by atoms with E-state index in [1.807, 2.05) is 18.2 Å². The minimum Gasteiger partial charge on any atom is -0.398 e. The standard InChI is InChI=1S/C14H20BrNOS/c1-10-3-2-4-12(7-10)18(17)9-11-5-6-13(15)14(16)8-11/h5-6,8,10,12H,2-4,7,9,16H2,1H3. The van der Waals surface area contributed by atoms with E-state index in [0.29, 0.717) is 11.0 Å². The molecular weight excluding hydrogens is 310 g/mol. The van der Waals surface area contributed by atoms with Crippen LogP contribution in [0.15, 0.2) is 22.7 Å². The lowest BCUT2D eigenvalue weighted by molar-refractivity contribution is 0.389. The van der Waals surface area contributed by atoms with Gasteiger partial charge in [-0.15, -0.1) is 0 Å². The normalized spacial score (nSPS) is 25.9. The number of nitrogens with two attached hydrogens (primary N) is 1. The van der Waals surface area contributed by atoms with Gasteiger partial charge in [0, 0.05) is 32.0 Å². The molecule has 1 aliphatic rings. The number of anilines is 1. The summed E-state index contributed by atoms with van der Waals surface area (Å²) in [5.41, 5.74) is 7.65. The van der Waals surface area contributed by atoms with Crippen molar-refractivity contribution in [1.82, 2.24) is 0 Å². The van der Waals surface area contributed by atoms with Crippen LogP contribution < -0.4 is 5.73 Å². The molecule has 0 heterocycles. The molecule has 1 aliphatic carbocycles. The van der Waals surface area contributed by atoms with E-state index in [9.17, 15) is 4.21 Å². The first-order valence-electron chi connectivity index (χ1n) is 6.47. The number of halogens is 1. The van der Waals surface area contributed by atoms with Crippen LogP contribution in [-0.4, -0.2) is 9.46 Å². The summed E-state index contributed by atoms with van der Waals surface area (Å²) >= 11 is 3.38. The van der Waals surface area contributed by atoms with E-state index in [2.05, 4.69) is 22.9 Å². The number of hydrogen-bond donors (Lipinski definition) is 1. The predicted molar refractivity (Wildman–Crippen MR) is 81.8 cm³/mol. The Bertz CT molecular complexity index is 449. The van der Waals surface area contributed by atoms with E-state index in [1.54, 1.807) is 0 Å². The third-order valence-corrected chi connectivity index (χ3v) is 6.14. The Morgan fingerprint density at radius 3 is 2.89 bits per heavy atom. The second-order valence-corrected chi connectivity index (χ2v) is 7.85. The highest BCUT2D eigenvalue weighted by molar-refractivity contribution is 9.10. The van der Waals surface area contributed by atoms with Crippen LogP contribution in [0.4, 0.5) is 5.69 Å². The van der Waals surface area contributed by atoms with Crippen LogP contribution in [0.3, 0.4) is 0 Å². The van der Waals surface area contributed by atoms with Gasteiger partial charge in [0.15, 0.2) is 0 Å². The highest BCUT2D eigenvalue weighted by Crippen LogP contribution is 2.29. The zero-order valence-corrected chi connectivity index (χ0v) is 13.1. The van der Waals surface area contributed by atoms with Gasteiger partial charge in [-0.05, 0) is 52.4 Å². The zero-order valence-electron chi connectivity index (χ0n) is 10.7. The van der Waals surface area contributed by atoms with Crippen LogP contribution in [-0.2, 0) is 16.6 Å². The third-order valence-electron chi connectivity index (χ3n) is 3.63. The fraction of sp³-hybridized carbons (Fsp3) is 0.571. The molecule has 3 atom stereocenters. The predicted octanol–water partition coefficient (Wildman–Crippen LogP) is 3.86. The first-order valence-corrected chi connectivity index (χ1v) is 8.65. The summed E-state index contributed by atoms with van der Waals surface area (Å²) in [6.45, 7) is 2.26. The minimum atomic E-state index is -0.764. The lowest BCUT2D eigenvalue weighted by atomic mass is 9.91. The molecule has 1 aromatic carbocycles. The van der Waals surface area contributed by atoms with Gasteiger partial charge < -0.3 is 5.73 Å². The molecule has 18 heavy (non-hydrogen) atoms. The van der Waals surface area contributed by atoms with E-state index in [4.69, 9.17) is 5.73 Å². The number of hydrogen-bond acceptors (Lipinski definition) is 2. The molecule has 1 fully saturated rings. The molecule has 0 amide bonds. The molecule has 3 unspecified atom stereocenters. The highest BCUT2D eigenvalue weighted by Gasteiger charge is 2.23. The molecule has 0 bridgehead atoms. The maximum atomic E-state index is 12.4. The quantitative estimate of drug-likeness (QED) is 0.855. The van der Waals surface area contributed by atoms with Gasteiger partial charge in [-0.25, -0.2) is 0 Å². The van der Waals surface area contributed by atoms with E-state index in [1.165, 1.54) is 12.8 Å². The SMILES string of the molecule is CC1CCCC(S(=O)Cc2ccc(Br)c(N)c2)C1. The third kappa shape index (κ3) is 3.58. The van der Waals surface area contributed by atoms with Crippen LogP contribution in [0.1, 0.15) is 38.2 Å². The second kappa shape index (κ2) is 6.20. The second-order valence-electron chi connectivity index (χ2n) is 5.27. The number of benzene rings is 1. The molecule has 2 rings (SSSR count). The average molecular weight is 330 g/mol. The summed E-state index contributed by atoms with van der Waals surface area (Å²) < 4.78 is 13.3. The number of nitrogen functional groups attached to an aromatic ring is 1. The van der Waals surface area contributed by atoms with Gasteiger partial charge >= 0.3 is 0 Å². The topological polar surface area (TPSA) is 43.1 Å². The van der Waals surface area contributed by atoms with Crippen LogP contribution in [0, 0.1) is 5.92 Å². The molecule has 0 aromatic heterocycles. The van der Waals surface area contributed by atoms with Gasteiger partial charge in [-0.3, -0.25) is 4.21 Å². The van der Waals surface area contributed by atoms with Gasteiger partial charge in [0.25, 0.3) is 0 Å². The van der Waals surface area contributed by atoms with Crippen LogP contribution in [0.5, 0.6) is 0 Å². The molecule has 100 valence electrons. The van der Waals surface area contributed by atoms with Crippen molar-refractivity contribution in [3.05, 3.63) is 28.2 Å². The Kier molecular flexibility index (Phi) is 4.84. The number of rotatable bonds is 3. The molecule has 2 N–H and O–H groups in total.